The van der Waals surface area contributed by atoms with E-state index in [1.54, 1.807) is 0 Å². The lowest BCUT2D eigenvalue weighted by atomic mass is 9.48. The highest BCUT2D eigenvalue weighted by molar-refractivity contribution is 5.89. The van der Waals surface area contributed by atoms with E-state index >= 15 is 0 Å². The second-order valence-corrected chi connectivity index (χ2v) is 11.1. The Hall–Kier alpha value is -2.10. The quantitative estimate of drug-likeness (QED) is 0.424. The minimum Gasteiger partial charge on any atom is -0.462 e. The van der Waals surface area contributed by atoms with Gasteiger partial charge in [-0.15, -0.1) is 0 Å². The minimum absolute atomic E-state index is 0.0130. The maximum atomic E-state index is 12.8. The number of esters is 2. The fraction of sp³-hybridized carbons (Fsp3) is 0.643. The molecule has 4 aliphatic rings. The molecule has 3 fully saturated rings. The van der Waals surface area contributed by atoms with Crippen LogP contribution < -0.4 is 0 Å². The second-order valence-electron chi connectivity index (χ2n) is 11.1. The van der Waals surface area contributed by atoms with E-state index in [1.165, 1.54) is 18.9 Å². The van der Waals surface area contributed by atoms with Crippen molar-refractivity contribution in [1.82, 2.24) is 0 Å². The first kappa shape index (κ1) is 21.7. The predicted octanol–water partition coefficient (Wildman–Crippen LogP) is 6.11. The van der Waals surface area contributed by atoms with Gasteiger partial charge in [0.1, 0.15) is 12.2 Å². The van der Waals surface area contributed by atoms with E-state index in [2.05, 4.69) is 19.9 Å². The van der Waals surface area contributed by atoms with Crippen molar-refractivity contribution >= 4 is 11.9 Å². The van der Waals surface area contributed by atoms with Crippen LogP contribution in [0.25, 0.3) is 0 Å². The summed E-state index contributed by atoms with van der Waals surface area (Å²) in [6, 6.07) is 9.40. The summed E-state index contributed by atoms with van der Waals surface area (Å²) in [6.07, 6.45) is 11.1. The van der Waals surface area contributed by atoms with Crippen LogP contribution in [0.15, 0.2) is 42.0 Å². The molecule has 0 radical (unpaired) electrons. The molecule has 0 unspecified atom stereocenters. The molecule has 0 aliphatic heterocycles. The molecule has 0 amide bonds. The Morgan fingerprint density at radius 3 is 2.47 bits per heavy atom. The van der Waals surface area contributed by atoms with Crippen molar-refractivity contribution in [2.45, 2.75) is 84.3 Å². The predicted molar refractivity (Wildman–Crippen MR) is 123 cm³/mol. The maximum absolute atomic E-state index is 12.8. The third kappa shape index (κ3) is 3.50. The summed E-state index contributed by atoms with van der Waals surface area (Å²) in [5.41, 5.74) is 2.46. The molecule has 0 aromatic heterocycles. The van der Waals surface area contributed by atoms with Crippen LogP contribution in [0, 0.1) is 28.6 Å². The normalized spacial score (nSPS) is 40.3. The molecule has 4 heteroatoms. The molecule has 1 aromatic carbocycles. The summed E-state index contributed by atoms with van der Waals surface area (Å²) in [5, 5.41) is 0. The van der Waals surface area contributed by atoms with Gasteiger partial charge in [-0.05, 0) is 80.2 Å². The van der Waals surface area contributed by atoms with Crippen LogP contribution in [0.4, 0.5) is 0 Å². The number of ether oxygens (including phenoxy) is 2. The zero-order valence-corrected chi connectivity index (χ0v) is 19.6. The van der Waals surface area contributed by atoms with Crippen LogP contribution in [0.3, 0.4) is 0 Å². The first-order valence-corrected chi connectivity index (χ1v) is 12.4. The average Bonchev–Trinajstić information content (AvgIpc) is 3.10. The molecule has 4 aliphatic carbocycles. The topological polar surface area (TPSA) is 52.6 Å². The number of hydrogen-bond donors (Lipinski definition) is 0. The lowest BCUT2D eigenvalue weighted by Gasteiger charge is -2.57. The number of carbonyl (C=O) groups excluding carboxylic acids is 2. The lowest BCUT2D eigenvalue weighted by molar-refractivity contribution is -0.148. The van der Waals surface area contributed by atoms with Crippen LogP contribution in [0.5, 0.6) is 0 Å². The van der Waals surface area contributed by atoms with Gasteiger partial charge < -0.3 is 9.47 Å². The number of fused-ring (bicyclic) bond motifs is 5. The minimum atomic E-state index is -0.179. The van der Waals surface area contributed by atoms with Crippen LogP contribution in [0.1, 0.15) is 82.5 Å². The summed E-state index contributed by atoms with van der Waals surface area (Å²) in [5.74, 6) is 1.61. The highest BCUT2D eigenvalue weighted by Gasteiger charge is 2.59. The van der Waals surface area contributed by atoms with Crippen molar-refractivity contribution in [2.75, 3.05) is 0 Å². The largest absolute Gasteiger partial charge is 0.462 e. The molecule has 4 nitrogen and oxygen atoms in total. The third-order valence-corrected chi connectivity index (χ3v) is 9.56. The number of benzene rings is 1. The molecule has 7 atom stereocenters. The molecule has 172 valence electrons. The summed E-state index contributed by atoms with van der Waals surface area (Å²) >= 11 is 0. The van der Waals surface area contributed by atoms with Crippen LogP contribution in [-0.2, 0) is 14.3 Å². The summed E-state index contributed by atoms with van der Waals surface area (Å²) < 4.78 is 11.7. The first-order valence-electron chi connectivity index (χ1n) is 12.4. The van der Waals surface area contributed by atoms with Crippen LogP contribution in [0.2, 0.25) is 0 Å². The zero-order chi connectivity index (χ0) is 22.5. The van der Waals surface area contributed by atoms with E-state index in [9.17, 15) is 9.59 Å². The fourth-order valence-corrected chi connectivity index (χ4v) is 7.88. The third-order valence-electron chi connectivity index (χ3n) is 9.56. The molecule has 32 heavy (non-hydrogen) atoms. The summed E-state index contributed by atoms with van der Waals surface area (Å²) in [7, 11) is 0. The summed E-state index contributed by atoms with van der Waals surface area (Å²) in [4.78, 5) is 24.2. The molecule has 0 saturated heterocycles. The van der Waals surface area contributed by atoms with Crippen molar-refractivity contribution in [3.63, 3.8) is 0 Å². The molecular formula is C28H36O4. The van der Waals surface area contributed by atoms with Gasteiger partial charge in [-0.2, -0.15) is 0 Å². The molecule has 0 bridgehead atoms. The van der Waals surface area contributed by atoms with Crippen molar-refractivity contribution < 1.29 is 19.1 Å². The van der Waals surface area contributed by atoms with Crippen molar-refractivity contribution in [1.29, 1.82) is 0 Å². The van der Waals surface area contributed by atoms with Gasteiger partial charge in [0.15, 0.2) is 0 Å². The van der Waals surface area contributed by atoms with Gasteiger partial charge in [-0.3, -0.25) is 4.79 Å². The van der Waals surface area contributed by atoms with Crippen molar-refractivity contribution in [3.8, 4) is 0 Å². The zero-order valence-electron chi connectivity index (χ0n) is 19.6. The Morgan fingerprint density at radius 1 is 0.938 bits per heavy atom. The van der Waals surface area contributed by atoms with E-state index in [1.807, 2.05) is 30.3 Å². The van der Waals surface area contributed by atoms with Crippen LogP contribution in [-0.4, -0.2) is 24.1 Å². The van der Waals surface area contributed by atoms with Gasteiger partial charge in [0, 0.05) is 18.8 Å². The Labute approximate surface area is 191 Å². The highest BCUT2D eigenvalue weighted by Crippen LogP contribution is 2.65. The van der Waals surface area contributed by atoms with Gasteiger partial charge in [0.25, 0.3) is 0 Å². The van der Waals surface area contributed by atoms with E-state index in [0.29, 0.717) is 23.3 Å². The monoisotopic (exact) mass is 436 g/mol. The highest BCUT2D eigenvalue weighted by atomic mass is 16.5. The van der Waals surface area contributed by atoms with E-state index < -0.39 is 0 Å². The van der Waals surface area contributed by atoms with E-state index in [4.69, 9.17) is 9.47 Å². The lowest BCUT2D eigenvalue weighted by Crippen LogP contribution is -2.51. The molecule has 3 saturated carbocycles. The molecule has 5 rings (SSSR count). The average molecular weight is 437 g/mol. The second kappa shape index (κ2) is 8.04. The van der Waals surface area contributed by atoms with Crippen LogP contribution >= 0.6 is 0 Å². The van der Waals surface area contributed by atoms with Gasteiger partial charge in [0.05, 0.1) is 5.56 Å². The molecule has 1 aromatic rings. The van der Waals surface area contributed by atoms with E-state index in [0.717, 1.165) is 44.9 Å². The number of carbonyl (C=O) groups is 2. The molecular weight excluding hydrogens is 400 g/mol. The smallest absolute Gasteiger partial charge is 0.338 e. The van der Waals surface area contributed by atoms with Gasteiger partial charge in [-0.1, -0.05) is 43.7 Å². The van der Waals surface area contributed by atoms with Gasteiger partial charge in [0.2, 0.25) is 0 Å². The SMILES string of the molecule is CC(=O)O[C@@H]1CC[C@]2(C)C(=CC[C@H]3[C@H]4CC[C@H](OC(=O)c5ccccc5)[C@]4(C)CC[C@@H]32)C1. The Balaban J connectivity index is 1.33. The number of hydrogen-bond acceptors (Lipinski definition) is 4. The number of allylic oxidation sites excluding steroid dienone is 1. The standard InChI is InChI=1S/C28H36O4/c1-18(29)31-21-13-15-27(2)20(17-21)9-10-22-23-11-12-25(28(23,3)16-14-24(22)27)32-26(30)19-7-5-4-6-8-19/h4-9,21-25H,10-17H2,1-3H3/t21-,22+,23-,24+,25+,27-,28-/m1/s1. The summed E-state index contributed by atoms with van der Waals surface area (Å²) in [6.45, 7) is 6.36. The van der Waals surface area contributed by atoms with Gasteiger partial charge >= 0.3 is 11.9 Å². The van der Waals surface area contributed by atoms with Crippen molar-refractivity contribution in [2.24, 2.45) is 28.6 Å². The fourth-order valence-electron chi connectivity index (χ4n) is 7.88. The van der Waals surface area contributed by atoms with Gasteiger partial charge in [-0.25, -0.2) is 4.79 Å². The maximum Gasteiger partial charge on any atom is 0.338 e. The molecule has 0 spiro atoms. The van der Waals surface area contributed by atoms with Crippen molar-refractivity contribution in [3.05, 3.63) is 47.5 Å². The molecule has 0 heterocycles. The first-order chi connectivity index (χ1) is 15.3. The molecule has 0 N–H and O–H groups in total. The Kier molecular flexibility index (Phi) is 5.46. The number of rotatable bonds is 3. The Bertz CT molecular complexity index is 921. The Morgan fingerprint density at radius 2 is 1.72 bits per heavy atom. The van der Waals surface area contributed by atoms with E-state index in [-0.39, 0.29) is 35.0 Å².